The van der Waals surface area contributed by atoms with Crippen LogP contribution in [0.5, 0.6) is 5.75 Å². The van der Waals surface area contributed by atoms with E-state index in [0.29, 0.717) is 43.0 Å². The van der Waals surface area contributed by atoms with Crippen LogP contribution < -0.4 is 15.4 Å². The Morgan fingerprint density at radius 3 is 2.32 bits per heavy atom. The zero-order valence-electron chi connectivity index (χ0n) is 18.1. The number of nitrogens with one attached hydrogen (secondary N) is 2. The predicted molar refractivity (Wildman–Crippen MR) is 115 cm³/mol. The van der Waals surface area contributed by atoms with Crippen LogP contribution in [0.25, 0.3) is 0 Å². The smallest absolute Gasteiger partial charge is 0.289 e. The van der Waals surface area contributed by atoms with Crippen molar-refractivity contribution < 1.29 is 23.5 Å². The first-order valence-corrected chi connectivity index (χ1v) is 10.5. The molecule has 0 unspecified atom stereocenters. The van der Waals surface area contributed by atoms with Crippen molar-refractivity contribution in [1.29, 1.82) is 0 Å². The summed E-state index contributed by atoms with van der Waals surface area (Å²) in [6.45, 7) is 4.86. The molecule has 1 aromatic heterocycles. The number of rotatable bonds is 7. The van der Waals surface area contributed by atoms with Crippen molar-refractivity contribution in [3.8, 4) is 5.75 Å². The van der Waals surface area contributed by atoms with Gasteiger partial charge in [-0.05, 0) is 55.2 Å². The van der Waals surface area contributed by atoms with Crippen molar-refractivity contribution >= 4 is 17.7 Å². The van der Waals surface area contributed by atoms with E-state index in [1.807, 2.05) is 13.8 Å². The van der Waals surface area contributed by atoms with E-state index in [1.54, 1.807) is 48.4 Å². The second-order valence-corrected chi connectivity index (χ2v) is 7.98. The van der Waals surface area contributed by atoms with Crippen LogP contribution in [0.1, 0.15) is 47.6 Å². The minimum Gasteiger partial charge on any atom is -0.497 e. The van der Waals surface area contributed by atoms with Crippen LogP contribution >= 0.6 is 0 Å². The van der Waals surface area contributed by atoms with Gasteiger partial charge >= 0.3 is 0 Å². The Kier molecular flexibility index (Phi) is 7.33. The number of nitrogens with zero attached hydrogens (tertiary/aromatic N) is 1. The van der Waals surface area contributed by atoms with Gasteiger partial charge in [-0.1, -0.05) is 13.8 Å². The molecule has 0 saturated carbocycles. The molecule has 1 aromatic carbocycles. The number of carbonyl (C=O) groups is 3. The molecule has 31 heavy (non-hydrogen) atoms. The summed E-state index contributed by atoms with van der Waals surface area (Å²) in [4.78, 5) is 39.6. The lowest BCUT2D eigenvalue weighted by Crippen LogP contribution is -2.54. The summed E-state index contributed by atoms with van der Waals surface area (Å²) in [6, 6.07) is 9.37. The molecule has 0 aliphatic carbocycles. The van der Waals surface area contributed by atoms with Gasteiger partial charge in [0.1, 0.15) is 11.8 Å². The Labute approximate surface area is 181 Å². The third kappa shape index (κ3) is 5.65. The van der Waals surface area contributed by atoms with Crippen molar-refractivity contribution in [3.05, 3.63) is 54.0 Å². The van der Waals surface area contributed by atoms with Gasteiger partial charge in [0.25, 0.3) is 11.8 Å². The molecule has 1 fully saturated rings. The average molecular weight is 428 g/mol. The first-order valence-electron chi connectivity index (χ1n) is 10.5. The molecule has 2 heterocycles. The summed E-state index contributed by atoms with van der Waals surface area (Å²) in [5.41, 5.74) is 0.462. The quantitative estimate of drug-likeness (QED) is 0.707. The number of ether oxygens (including phenoxy) is 1. The van der Waals surface area contributed by atoms with Crippen molar-refractivity contribution in [2.45, 2.75) is 38.8 Å². The highest BCUT2D eigenvalue weighted by Crippen LogP contribution is 2.16. The van der Waals surface area contributed by atoms with E-state index >= 15 is 0 Å². The van der Waals surface area contributed by atoms with Crippen LogP contribution in [0.3, 0.4) is 0 Å². The second kappa shape index (κ2) is 10.1. The topological polar surface area (TPSA) is 101 Å². The zero-order valence-corrected chi connectivity index (χ0v) is 18.1. The van der Waals surface area contributed by atoms with Crippen molar-refractivity contribution in [1.82, 2.24) is 15.5 Å². The number of carbonyl (C=O) groups excluding carboxylic acids is 3. The van der Waals surface area contributed by atoms with Gasteiger partial charge in [-0.25, -0.2) is 0 Å². The summed E-state index contributed by atoms with van der Waals surface area (Å²) in [5.74, 6) is 0.239. The number of hydrogen-bond acceptors (Lipinski definition) is 5. The van der Waals surface area contributed by atoms with Crippen LogP contribution in [0.2, 0.25) is 0 Å². The lowest BCUT2D eigenvalue weighted by Gasteiger charge is -2.33. The molecule has 2 N–H and O–H groups in total. The fourth-order valence-electron chi connectivity index (χ4n) is 3.58. The van der Waals surface area contributed by atoms with E-state index in [2.05, 4.69) is 10.6 Å². The SMILES string of the molecule is COc1ccc(C(=O)N[C@H](C(=O)NC2CCN(C(=O)c3ccco3)CC2)C(C)C)cc1. The van der Waals surface area contributed by atoms with E-state index in [0.717, 1.165) is 0 Å². The van der Waals surface area contributed by atoms with Gasteiger partial charge in [0, 0.05) is 24.7 Å². The fourth-order valence-corrected chi connectivity index (χ4v) is 3.58. The Hall–Kier alpha value is -3.29. The summed E-state index contributed by atoms with van der Waals surface area (Å²) < 4.78 is 10.3. The third-order valence-corrected chi connectivity index (χ3v) is 5.45. The first kappa shape index (κ1) is 22.4. The molecule has 3 rings (SSSR count). The van der Waals surface area contributed by atoms with Gasteiger partial charge in [0.15, 0.2) is 5.76 Å². The van der Waals surface area contributed by atoms with Crippen molar-refractivity contribution in [2.24, 2.45) is 5.92 Å². The van der Waals surface area contributed by atoms with Gasteiger partial charge in [-0.3, -0.25) is 14.4 Å². The van der Waals surface area contributed by atoms with E-state index in [-0.39, 0.29) is 29.7 Å². The maximum atomic E-state index is 12.9. The van der Waals surface area contributed by atoms with E-state index < -0.39 is 6.04 Å². The fraction of sp³-hybridized carbons (Fsp3) is 0.435. The number of furan rings is 1. The highest BCUT2D eigenvalue weighted by molar-refractivity contribution is 5.97. The molecule has 1 aliphatic heterocycles. The number of methoxy groups -OCH3 is 1. The molecule has 0 radical (unpaired) electrons. The van der Waals surface area contributed by atoms with Crippen LogP contribution in [0, 0.1) is 5.92 Å². The molecule has 1 atom stereocenters. The van der Waals surface area contributed by atoms with Crippen LogP contribution in [0.4, 0.5) is 0 Å². The largest absolute Gasteiger partial charge is 0.497 e. The van der Waals surface area contributed by atoms with Crippen LogP contribution in [-0.2, 0) is 4.79 Å². The van der Waals surface area contributed by atoms with Crippen molar-refractivity contribution in [2.75, 3.05) is 20.2 Å². The van der Waals surface area contributed by atoms with Gasteiger partial charge in [-0.2, -0.15) is 0 Å². The maximum absolute atomic E-state index is 12.9. The number of hydrogen-bond donors (Lipinski definition) is 2. The Balaban J connectivity index is 1.53. The van der Waals surface area contributed by atoms with Gasteiger partial charge in [0.2, 0.25) is 5.91 Å². The molecule has 1 aliphatic rings. The molecule has 0 spiro atoms. The minimum atomic E-state index is -0.655. The zero-order chi connectivity index (χ0) is 22.4. The van der Waals surface area contributed by atoms with Gasteiger partial charge in [0.05, 0.1) is 13.4 Å². The molecular weight excluding hydrogens is 398 g/mol. The molecule has 8 nitrogen and oxygen atoms in total. The molecular formula is C23H29N3O5. The minimum absolute atomic E-state index is 0.0488. The third-order valence-electron chi connectivity index (χ3n) is 5.45. The van der Waals surface area contributed by atoms with Crippen LogP contribution in [0.15, 0.2) is 47.1 Å². The monoisotopic (exact) mass is 427 g/mol. The average Bonchev–Trinajstić information content (AvgIpc) is 3.32. The Morgan fingerprint density at radius 1 is 1.10 bits per heavy atom. The molecule has 8 heteroatoms. The number of benzene rings is 1. The molecule has 0 bridgehead atoms. The molecule has 2 aromatic rings. The van der Waals surface area contributed by atoms with Crippen LogP contribution in [-0.4, -0.2) is 54.9 Å². The predicted octanol–water partition coefficient (Wildman–Crippen LogP) is 2.46. The summed E-state index contributed by atoms with van der Waals surface area (Å²) >= 11 is 0. The number of piperidine rings is 1. The summed E-state index contributed by atoms with van der Waals surface area (Å²) in [7, 11) is 1.56. The normalized spacial score (nSPS) is 15.4. The summed E-state index contributed by atoms with van der Waals surface area (Å²) in [5, 5.41) is 5.87. The second-order valence-electron chi connectivity index (χ2n) is 7.98. The number of likely N-dealkylation sites (tertiary alicyclic amines) is 1. The van der Waals surface area contributed by atoms with Gasteiger partial charge in [-0.15, -0.1) is 0 Å². The molecule has 3 amide bonds. The molecule has 166 valence electrons. The van der Waals surface area contributed by atoms with Gasteiger partial charge < -0.3 is 24.7 Å². The Morgan fingerprint density at radius 2 is 1.77 bits per heavy atom. The summed E-state index contributed by atoms with van der Waals surface area (Å²) in [6.07, 6.45) is 2.78. The lowest BCUT2D eigenvalue weighted by atomic mass is 10.00. The first-order chi connectivity index (χ1) is 14.9. The molecule has 1 saturated heterocycles. The number of amides is 3. The van der Waals surface area contributed by atoms with E-state index in [4.69, 9.17) is 9.15 Å². The van der Waals surface area contributed by atoms with Crippen molar-refractivity contribution in [3.63, 3.8) is 0 Å². The standard InChI is InChI=1S/C23H29N3O5/c1-15(2)20(25-21(27)16-6-8-18(30-3)9-7-16)22(28)24-17-10-12-26(13-11-17)23(29)19-5-4-14-31-19/h4-9,14-15,17,20H,10-13H2,1-3H3,(H,24,28)(H,25,27)/t20-/m0/s1. The lowest BCUT2D eigenvalue weighted by molar-refractivity contribution is -0.124. The highest BCUT2D eigenvalue weighted by Gasteiger charge is 2.30. The Bertz CT molecular complexity index is 884. The maximum Gasteiger partial charge on any atom is 0.289 e. The van der Waals surface area contributed by atoms with E-state index in [1.165, 1.54) is 6.26 Å². The highest BCUT2D eigenvalue weighted by atomic mass is 16.5. The van der Waals surface area contributed by atoms with E-state index in [9.17, 15) is 14.4 Å².